The Bertz CT molecular complexity index is 943. The van der Waals surface area contributed by atoms with Crippen LogP contribution in [0.25, 0.3) is 0 Å². The maximum atomic E-state index is 13.4. The van der Waals surface area contributed by atoms with Crippen molar-refractivity contribution in [2.45, 2.75) is 19.4 Å². The van der Waals surface area contributed by atoms with Gasteiger partial charge in [0.25, 0.3) is 5.91 Å². The molecule has 0 saturated carbocycles. The summed E-state index contributed by atoms with van der Waals surface area (Å²) in [5.41, 5.74) is 1.94. The largest absolute Gasteiger partial charge is 0.496 e. The number of pyridine rings is 1. The summed E-state index contributed by atoms with van der Waals surface area (Å²) in [5.74, 6) is -1.98. The number of methoxy groups -OCH3 is 1. The Kier molecular flexibility index (Phi) is 6.62. The summed E-state index contributed by atoms with van der Waals surface area (Å²) in [6, 6.07) is 7.97. The maximum absolute atomic E-state index is 13.4. The molecule has 1 amide bonds. The van der Waals surface area contributed by atoms with E-state index in [1.54, 1.807) is 54.7 Å². The van der Waals surface area contributed by atoms with Crippen LogP contribution in [0.3, 0.4) is 0 Å². The molecule has 1 fully saturated rings. The number of nitrogens with one attached hydrogen (secondary N) is 1. The zero-order valence-electron chi connectivity index (χ0n) is 17.8. The van der Waals surface area contributed by atoms with E-state index in [1.807, 2.05) is 21.0 Å². The van der Waals surface area contributed by atoms with Gasteiger partial charge in [0.05, 0.1) is 33.8 Å². The van der Waals surface area contributed by atoms with Gasteiger partial charge in [-0.1, -0.05) is 0 Å². The van der Waals surface area contributed by atoms with Crippen LogP contribution in [-0.4, -0.2) is 61.7 Å². The molecule has 7 nitrogen and oxygen atoms in total. The van der Waals surface area contributed by atoms with Crippen molar-refractivity contribution in [3.8, 4) is 5.75 Å². The predicted octanol–water partition coefficient (Wildman–Crippen LogP) is 0.885. The van der Waals surface area contributed by atoms with Crippen LogP contribution < -0.4 is 9.64 Å². The van der Waals surface area contributed by atoms with Gasteiger partial charge in [-0.25, -0.2) is 0 Å². The maximum Gasteiger partial charge on any atom is 0.291 e. The number of ether oxygens (including phenoxy) is 1. The molecule has 7 heteroatoms. The lowest BCUT2D eigenvalue weighted by molar-refractivity contribution is -0.858. The molecule has 1 saturated heterocycles. The number of likely N-dealkylation sites (tertiary alicyclic amines) is 1. The molecule has 0 aliphatic carbocycles. The monoisotopic (exact) mass is 410 g/mol. The molecule has 2 heterocycles. The first-order valence-corrected chi connectivity index (χ1v) is 10.1. The van der Waals surface area contributed by atoms with Crippen LogP contribution in [0.5, 0.6) is 5.75 Å². The molecule has 2 unspecified atom stereocenters. The van der Waals surface area contributed by atoms with Gasteiger partial charge in [-0.3, -0.25) is 19.4 Å². The van der Waals surface area contributed by atoms with Gasteiger partial charge in [-0.15, -0.1) is 0 Å². The number of quaternary nitrogens is 1. The quantitative estimate of drug-likeness (QED) is 0.397. The summed E-state index contributed by atoms with van der Waals surface area (Å²) in [4.78, 5) is 46.1. The third-order valence-corrected chi connectivity index (χ3v) is 5.49. The van der Waals surface area contributed by atoms with Gasteiger partial charge in [0.2, 0.25) is 5.78 Å². The fourth-order valence-electron chi connectivity index (χ4n) is 3.97. The predicted molar refractivity (Wildman–Crippen MR) is 112 cm³/mol. The van der Waals surface area contributed by atoms with Crippen LogP contribution in [0.1, 0.15) is 33.9 Å². The first-order valence-electron chi connectivity index (χ1n) is 10.1. The van der Waals surface area contributed by atoms with Crippen LogP contribution in [0.4, 0.5) is 0 Å². The van der Waals surface area contributed by atoms with Crippen molar-refractivity contribution >= 4 is 17.5 Å². The molecule has 0 bridgehead atoms. The number of aryl methyl sites for hydroxylation is 1. The van der Waals surface area contributed by atoms with E-state index in [-0.39, 0.29) is 5.78 Å². The molecule has 0 spiro atoms. The number of nitrogens with zero attached hydrogens (tertiary/aromatic N) is 2. The smallest absolute Gasteiger partial charge is 0.291 e. The van der Waals surface area contributed by atoms with E-state index in [1.165, 1.54) is 4.90 Å². The first-order chi connectivity index (χ1) is 14.3. The van der Waals surface area contributed by atoms with Crippen molar-refractivity contribution in [2.24, 2.45) is 5.92 Å². The molecule has 1 N–H and O–H groups in total. The topological polar surface area (TPSA) is 81.0 Å². The number of Topliss-reactive ketones (excluding diaryl/α,β-unsaturated/α-hetero) is 2. The number of carbonyl (C=O) groups is 3. The van der Waals surface area contributed by atoms with Gasteiger partial charge in [0.1, 0.15) is 11.7 Å². The number of amides is 1. The molecular weight excluding hydrogens is 382 g/mol. The lowest BCUT2D eigenvalue weighted by atomic mass is 9.86. The van der Waals surface area contributed by atoms with Gasteiger partial charge < -0.3 is 14.5 Å². The Balaban J connectivity index is 1.98. The number of benzene rings is 1. The van der Waals surface area contributed by atoms with E-state index in [2.05, 4.69) is 4.98 Å². The van der Waals surface area contributed by atoms with Crippen LogP contribution in [0.2, 0.25) is 0 Å². The molecule has 30 heavy (non-hydrogen) atoms. The average molecular weight is 410 g/mol. The molecule has 0 radical (unpaired) electrons. The molecule has 3 rings (SSSR count). The van der Waals surface area contributed by atoms with Crippen molar-refractivity contribution in [1.82, 2.24) is 9.88 Å². The number of hydrogen-bond donors (Lipinski definition) is 1. The minimum atomic E-state index is -1.07. The number of carbonyl (C=O) groups excluding carboxylic acids is 3. The summed E-state index contributed by atoms with van der Waals surface area (Å²) >= 11 is 0. The first kappa shape index (κ1) is 21.6. The second-order valence-corrected chi connectivity index (χ2v) is 7.93. The summed E-state index contributed by atoms with van der Waals surface area (Å²) in [5, 5.41) is 0. The molecule has 1 aromatic carbocycles. The molecule has 1 aromatic heterocycles. The molecule has 1 aliphatic rings. The molecule has 2 aromatic rings. The zero-order chi connectivity index (χ0) is 21.8. The van der Waals surface area contributed by atoms with Gasteiger partial charge in [-0.05, 0) is 48.4 Å². The molecule has 158 valence electrons. The number of hydrogen-bond acceptors (Lipinski definition) is 5. The Morgan fingerprint density at radius 1 is 1.17 bits per heavy atom. The number of ketones is 2. The van der Waals surface area contributed by atoms with Crippen LogP contribution in [0.15, 0.2) is 42.7 Å². The fourth-order valence-corrected chi connectivity index (χ4v) is 3.97. The van der Waals surface area contributed by atoms with E-state index in [9.17, 15) is 14.4 Å². The summed E-state index contributed by atoms with van der Waals surface area (Å²) < 4.78 is 5.26. The third kappa shape index (κ3) is 4.26. The van der Waals surface area contributed by atoms with E-state index in [0.29, 0.717) is 17.9 Å². The van der Waals surface area contributed by atoms with Crippen molar-refractivity contribution in [2.75, 3.05) is 34.3 Å². The SMILES string of the molecule is COc1ccc(C(=O)C2C(=O)C(=O)N(CCC[NH+](C)C)C2c2ccncc2)cc1C. The normalized spacial score (nSPS) is 18.9. The minimum absolute atomic E-state index is 0.346. The number of aromatic nitrogens is 1. The van der Waals surface area contributed by atoms with E-state index >= 15 is 0 Å². The van der Waals surface area contributed by atoms with Crippen molar-refractivity contribution in [3.05, 3.63) is 59.4 Å². The Morgan fingerprint density at radius 3 is 2.47 bits per heavy atom. The summed E-state index contributed by atoms with van der Waals surface area (Å²) in [6.45, 7) is 3.12. The summed E-state index contributed by atoms with van der Waals surface area (Å²) in [7, 11) is 5.64. The van der Waals surface area contributed by atoms with Gasteiger partial charge in [0, 0.05) is 30.9 Å². The van der Waals surface area contributed by atoms with E-state index in [0.717, 1.165) is 24.1 Å². The Labute approximate surface area is 176 Å². The average Bonchev–Trinajstić information content (AvgIpc) is 2.98. The van der Waals surface area contributed by atoms with Crippen LogP contribution >= 0.6 is 0 Å². The Hall–Kier alpha value is -3.06. The van der Waals surface area contributed by atoms with Crippen LogP contribution in [-0.2, 0) is 9.59 Å². The lowest BCUT2D eigenvalue weighted by Crippen LogP contribution is -3.05. The molecule has 2 atom stereocenters. The van der Waals surface area contributed by atoms with Gasteiger partial charge in [-0.2, -0.15) is 0 Å². The van der Waals surface area contributed by atoms with Crippen molar-refractivity contribution < 1.29 is 24.0 Å². The van der Waals surface area contributed by atoms with E-state index < -0.39 is 23.7 Å². The Morgan fingerprint density at radius 2 is 1.87 bits per heavy atom. The highest BCUT2D eigenvalue weighted by Gasteiger charge is 2.51. The summed E-state index contributed by atoms with van der Waals surface area (Å²) in [6.07, 6.45) is 3.97. The second kappa shape index (κ2) is 9.17. The fraction of sp³-hybridized carbons (Fsp3) is 0.391. The highest BCUT2D eigenvalue weighted by Crippen LogP contribution is 2.38. The molecule has 1 aliphatic heterocycles. The van der Waals surface area contributed by atoms with Gasteiger partial charge >= 0.3 is 0 Å². The molecular formula is C23H28N3O4+. The second-order valence-electron chi connectivity index (χ2n) is 7.93. The van der Waals surface area contributed by atoms with Crippen LogP contribution in [0, 0.1) is 12.8 Å². The third-order valence-electron chi connectivity index (χ3n) is 5.49. The zero-order valence-corrected chi connectivity index (χ0v) is 17.8. The van der Waals surface area contributed by atoms with Crippen molar-refractivity contribution in [1.29, 1.82) is 0 Å². The minimum Gasteiger partial charge on any atom is -0.496 e. The standard InChI is InChI=1S/C23H27N3O4/c1-15-14-17(6-7-18(15)30-4)21(27)19-20(16-8-10-24-11-9-16)26(23(29)22(19)28)13-5-12-25(2)3/h6-11,14,19-20H,5,12-13H2,1-4H3/p+1. The lowest BCUT2D eigenvalue weighted by Gasteiger charge is -2.27. The highest BCUT2D eigenvalue weighted by molar-refractivity contribution is 6.44. The van der Waals surface area contributed by atoms with Gasteiger partial charge in [0.15, 0.2) is 5.78 Å². The highest BCUT2D eigenvalue weighted by atomic mass is 16.5. The van der Waals surface area contributed by atoms with E-state index in [4.69, 9.17) is 4.74 Å². The van der Waals surface area contributed by atoms with Crippen molar-refractivity contribution in [3.63, 3.8) is 0 Å². The number of rotatable bonds is 8.